The Balaban J connectivity index is 2.86. The largest absolute Gasteiger partial charge is 0.496 e. The van der Waals surface area contributed by atoms with Crippen molar-refractivity contribution < 1.29 is 14.2 Å². The molecule has 0 aliphatic carbocycles. The minimum atomic E-state index is 0.254. The molecule has 0 amide bonds. The van der Waals surface area contributed by atoms with Gasteiger partial charge in [0.05, 0.1) is 21.3 Å². The third kappa shape index (κ3) is 4.63. The standard InChI is InChI=1S/C15H25NO3/c1-15(2,3)10-16-9-11-7-13(18-5)14(19-6)8-12(11)17-4/h7-8,16H,9-10H2,1-6H3. The van der Waals surface area contributed by atoms with E-state index in [1.165, 1.54) is 0 Å². The van der Waals surface area contributed by atoms with Gasteiger partial charge in [-0.3, -0.25) is 0 Å². The summed E-state index contributed by atoms with van der Waals surface area (Å²) in [5.74, 6) is 2.20. The molecule has 0 aromatic heterocycles. The molecule has 0 heterocycles. The number of rotatable bonds is 6. The van der Waals surface area contributed by atoms with Crippen molar-refractivity contribution in [1.29, 1.82) is 0 Å². The first-order valence-electron chi connectivity index (χ1n) is 6.41. The Morgan fingerprint density at radius 1 is 0.895 bits per heavy atom. The highest BCUT2D eigenvalue weighted by molar-refractivity contribution is 5.50. The molecule has 108 valence electrons. The summed E-state index contributed by atoms with van der Waals surface area (Å²) < 4.78 is 16.0. The molecule has 1 aromatic rings. The highest BCUT2D eigenvalue weighted by atomic mass is 16.5. The molecule has 4 heteroatoms. The van der Waals surface area contributed by atoms with Gasteiger partial charge in [-0.15, -0.1) is 0 Å². The van der Waals surface area contributed by atoms with Crippen LogP contribution in [0.2, 0.25) is 0 Å². The van der Waals surface area contributed by atoms with Gasteiger partial charge in [-0.05, 0) is 11.5 Å². The van der Waals surface area contributed by atoms with Crippen LogP contribution in [-0.2, 0) is 6.54 Å². The van der Waals surface area contributed by atoms with Gasteiger partial charge < -0.3 is 19.5 Å². The number of benzene rings is 1. The van der Waals surface area contributed by atoms with E-state index in [0.717, 1.165) is 30.2 Å². The molecule has 0 aliphatic heterocycles. The third-order valence-corrected chi connectivity index (χ3v) is 2.76. The number of hydrogen-bond donors (Lipinski definition) is 1. The van der Waals surface area contributed by atoms with Gasteiger partial charge in [0.15, 0.2) is 11.5 Å². The third-order valence-electron chi connectivity index (χ3n) is 2.76. The van der Waals surface area contributed by atoms with Crippen molar-refractivity contribution >= 4 is 0 Å². The highest BCUT2D eigenvalue weighted by Crippen LogP contribution is 2.34. The van der Waals surface area contributed by atoms with E-state index in [4.69, 9.17) is 14.2 Å². The number of nitrogens with one attached hydrogen (secondary N) is 1. The van der Waals surface area contributed by atoms with Gasteiger partial charge in [0, 0.05) is 24.7 Å². The van der Waals surface area contributed by atoms with Crippen LogP contribution in [0, 0.1) is 5.41 Å². The van der Waals surface area contributed by atoms with E-state index < -0.39 is 0 Å². The molecule has 0 radical (unpaired) electrons. The Labute approximate surface area is 116 Å². The molecule has 1 aromatic carbocycles. The second-order valence-corrected chi connectivity index (χ2v) is 5.68. The van der Waals surface area contributed by atoms with Crippen LogP contribution in [0.3, 0.4) is 0 Å². The minimum Gasteiger partial charge on any atom is -0.496 e. The summed E-state index contributed by atoms with van der Waals surface area (Å²) in [4.78, 5) is 0. The monoisotopic (exact) mass is 267 g/mol. The van der Waals surface area contributed by atoms with E-state index >= 15 is 0 Å². The van der Waals surface area contributed by atoms with Crippen molar-refractivity contribution in [3.8, 4) is 17.2 Å². The second-order valence-electron chi connectivity index (χ2n) is 5.68. The van der Waals surface area contributed by atoms with Crippen LogP contribution in [0.5, 0.6) is 17.2 Å². The number of ether oxygens (including phenoxy) is 3. The first kappa shape index (κ1) is 15.6. The molecule has 1 N–H and O–H groups in total. The van der Waals surface area contributed by atoms with Gasteiger partial charge in [-0.1, -0.05) is 20.8 Å². The van der Waals surface area contributed by atoms with Crippen molar-refractivity contribution in [2.45, 2.75) is 27.3 Å². The molecule has 0 saturated heterocycles. The normalized spacial score (nSPS) is 11.3. The lowest BCUT2D eigenvalue weighted by Crippen LogP contribution is -2.26. The fourth-order valence-electron chi connectivity index (χ4n) is 1.80. The first-order chi connectivity index (χ1) is 8.91. The van der Waals surface area contributed by atoms with Crippen LogP contribution in [0.4, 0.5) is 0 Å². The van der Waals surface area contributed by atoms with Crippen LogP contribution in [-0.4, -0.2) is 27.9 Å². The van der Waals surface area contributed by atoms with E-state index in [2.05, 4.69) is 26.1 Å². The van der Waals surface area contributed by atoms with Gasteiger partial charge in [-0.25, -0.2) is 0 Å². The van der Waals surface area contributed by atoms with Gasteiger partial charge in [0.2, 0.25) is 0 Å². The molecular formula is C15H25NO3. The topological polar surface area (TPSA) is 39.7 Å². The molecule has 0 atom stereocenters. The van der Waals surface area contributed by atoms with E-state index in [-0.39, 0.29) is 5.41 Å². The summed E-state index contributed by atoms with van der Waals surface area (Å²) in [5.41, 5.74) is 1.31. The Morgan fingerprint density at radius 2 is 1.42 bits per heavy atom. The quantitative estimate of drug-likeness (QED) is 0.860. The van der Waals surface area contributed by atoms with Crippen molar-refractivity contribution in [2.75, 3.05) is 27.9 Å². The molecule has 0 saturated carbocycles. The fraction of sp³-hybridized carbons (Fsp3) is 0.600. The van der Waals surface area contributed by atoms with Crippen LogP contribution >= 0.6 is 0 Å². The van der Waals surface area contributed by atoms with E-state index in [0.29, 0.717) is 5.75 Å². The van der Waals surface area contributed by atoms with Crippen LogP contribution in [0.1, 0.15) is 26.3 Å². The molecule has 19 heavy (non-hydrogen) atoms. The van der Waals surface area contributed by atoms with Crippen molar-refractivity contribution in [3.63, 3.8) is 0 Å². The van der Waals surface area contributed by atoms with Crippen LogP contribution in [0.15, 0.2) is 12.1 Å². The maximum absolute atomic E-state index is 5.39. The van der Waals surface area contributed by atoms with Crippen molar-refractivity contribution in [1.82, 2.24) is 5.32 Å². The molecule has 1 rings (SSSR count). The minimum absolute atomic E-state index is 0.254. The van der Waals surface area contributed by atoms with Gasteiger partial charge >= 0.3 is 0 Å². The lowest BCUT2D eigenvalue weighted by Gasteiger charge is -2.20. The van der Waals surface area contributed by atoms with Gasteiger partial charge in [-0.2, -0.15) is 0 Å². The molecule has 0 aliphatic rings. The summed E-state index contributed by atoms with van der Waals surface area (Å²) >= 11 is 0. The highest BCUT2D eigenvalue weighted by Gasteiger charge is 2.13. The van der Waals surface area contributed by atoms with Crippen LogP contribution in [0.25, 0.3) is 0 Å². The maximum atomic E-state index is 5.39. The molecule has 0 unspecified atom stereocenters. The van der Waals surface area contributed by atoms with Crippen molar-refractivity contribution in [2.24, 2.45) is 5.41 Å². The Morgan fingerprint density at radius 3 is 1.89 bits per heavy atom. The number of hydrogen-bond acceptors (Lipinski definition) is 4. The Bertz CT molecular complexity index is 411. The van der Waals surface area contributed by atoms with E-state index in [1.807, 2.05) is 12.1 Å². The van der Waals surface area contributed by atoms with Gasteiger partial charge in [0.1, 0.15) is 5.75 Å². The fourth-order valence-corrected chi connectivity index (χ4v) is 1.80. The summed E-state index contributed by atoms with van der Waals surface area (Å²) in [5, 5.41) is 3.43. The second kappa shape index (κ2) is 6.66. The zero-order valence-corrected chi connectivity index (χ0v) is 12.8. The number of methoxy groups -OCH3 is 3. The average Bonchev–Trinajstić information content (AvgIpc) is 2.36. The summed E-state index contributed by atoms with van der Waals surface area (Å²) in [7, 11) is 4.92. The Hall–Kier alpha value is -1.42. The summed E-state index contributed by atoms with van der Waals surface area (Å²) in [6, 6.07) is 3.81. The predicted molar refractivity (Wildman–Crippen MR) is 77.3 cm³/mol. The summed E-state index contributed by atoms with van der Waals surface area (Å²) in [6.45, 7) is 8.27. The average molecular weight is 267 g/mol. The lowest BCUT2D eigenvalue weighted by atomic mass is 9.97. The smallest absolute Gasteiger partial charge is 0.164 e. The SMILES string of the molecule is COc1cc(OC)c(OC)cc1CNCC(C)(C)C. The summed E-state index contributed by atoms with van der Waals surface area (Å²) in [6.07, 6.45) is 0. The molecule has 0 bridgehead atoms. The Kier molecular flexibility index (Phi) is 5.48. The zero-order chi connectivity index (χ0) is 14.5. The molecule has 0 spiro atoms. The molecular weight excluding hydrogens is 242 g/mol. The van der Waals surface area contributed by atoms with E-state index in [9.17, 15) is 0 Å². The van der Waals surface area contributed by atoms with Crippen molar-refractivity contribution in [3.05, 3.63) is 17.7 Å². The maximum Gasteiger partial charge on any atom is 0.164 e. The zero-order valence-electron chi connectivity index (χ0n) is 12.8. The van der Waals surface area contributed by atoms with E-state index in [1.54, 1.807) is 21.3 Å². The predicted octanol–water partition coefficient (Wildman–Crippen LogP) is 2.85. The van der Waals surface area contributed by atoms with Gasteiger partial charge in [0.25, 0.3) is 0 Å². The molecule has 0 fully saturated rings. The first-order valence-corrected chi connectivity index (χ1v) is 6.41. The molecule has 4 nitrogen and oxygen atoms in total. The van der Waals surface area contributed by atoms with Crippen LogP contribution < -0.4 is 19.5 Å². The lowest BCUT2D eigenvalue weighted by molar-refractivity contribution is 0.345.